The van der Waals surface area contributed by atoms with Gasteiger partial charge in [-0.2, -0.15) is 0 Å². The molecule has 260 valence electrons. The van der Waals surface area contributed by atoms with Crippen molar-refractivity contribution < 1.29 is 0 Å². The van der Waals surface area contributed by atoms with Crippen molar-refractivity contribution in [1.82, 2.24) is 0 Å². The topological polar surface area (TPSA) is 0 Å². The maximum Gasteiger partial charge on any atom is -0.0251 e. The Morgan fingerprint density at radius 2 is 0.395 bits per heavy atom. The minimum Gasteiger partial charge on any atom is -0.0776 e. The molecule has 0 aliphatic heterocycles. The molecule has 0 heterocycles. The zero-order chi connectivity index (χ0) is 32.5. The summed E-state index contributed by atoms with van der Waals surface area (Å²) < 4.78 is 0. The highest BCUT2D eigenvalue weighted by molar-refractivity contribution is 4.97. The van der Waals surface area contributed by atoms with Gasteiger partial charge in [-0.3, -0.25) is 0 Å². The van der Waals surface area contributed by atoms with E-state index in [2.05, 4.69) is 111 Å². The summed E-state index contributed by atoms with van der Waals surface area (Å²) >= 11 is 0. The predicted octanol–water partition coefficient (Wildman–Crippen LogP) is 15.3. The second-order valence-corrected chi connectivity index (χ2v) is 18.3. The summed E-state index contributed by atoms with van der Waals surface area (Å²) in [7, 11) is 0. The quantitative estimate of drug-likeness (QED) is 0.258. The third kappa shape index (κ3) is 10.5. The Kier molecular flexibility index (Phi) is 18.4. The van der Waals surface area contributed by atoms with E-state index in [-0.39, 0.29) is 7.43 Å². The van der Waals surface area contributed by atoms with E-state index in [1.54, 1.807) is 0 Å². The molecule has 0 aromatic heterocycles. The van der Waals surface area contributed by atoms with Crippen LogP contribution in [0.15, 0.2) is 0 Å². The summed E-state index contributed by atoms with van der Waals surface area (Å²) in [6.07, 6.45) is 20.6. The highest BCUT2D eigenvalue weighted by Crippen LogP contribution is 2.57. The van der Waals surface area contributed by atoms with Gasteiger partial charge >= 0.3 is 0 Å². The molecule has 0 aromatic rings. The van der Waals surface area contributed by atoms with Crippen LogP contribution in [0.4, 0.5) is 0 Å². The zero-order valence-corrected chi connectivity index (χ0v) is 32.5. The van der Waals surface area contributed by atoms with Gasteiger partial charge in [-0.15, -0.1) is 0 Å². The molecule has 4 aliphatic rings. The summed E-state index contributed by atoms with van der Waals surface area (Å²) in [5.74, 6) is 7.09. The molecule has 0 nitrogen and oxygen atoms in total. The van der Waals surface area contributed by atoms with E-state index >= 15 is 0 Å². The van der Waals surface area contributed by atoms with Crippen LogP contribution in [0.25, 0.3) is 0 Å². The van der Waals surface area contributed by atoms with Gasteiger partial charge in [-0.1, -0.05) is 157 Å². The minimum atomic E-state index is 0. The second-order valence-electron chi connectivity index (χ2n) is 18.3. The van der Waals surface area contributed by atoms with E-state index in [0.29, 0.717) is 10.8 Å². The van der Waals surface area contributed by atoms with Crippen LogP contribution in [0.5, 0.6) is 0 Å². The van der Waals surface area contributed by atoms with Gasteiger partial charge in [0.2, 0.25) is 0 Å². The maximum atomic E-state index is 2.41. The molecule has 0 atom stereocenters. The molecular formula is C43H88. The lowest BCUT2D eigenvalue weighted by molar-refractivity contribution is 0.0135. The average Bonchev–Trinajstić information content (AvgIpc) is 3.54. The number of rotatable bonds is 8. The van der Waals surface area contributed by atoms with Crippen LogP contribution in [0.2, 0.25) is 0 Å². The molecule has 0 heteroatoms. The number of hydrogen-bond donors (Lipinski definition) is 0. The van der Waals surface area contributed by atoms with Crippen molar-refractivity contribution in [2.45, 2.75) is 208 Å². The summed E-state index contributed by atoms with van der Waals surface area (Å²) in [4.78, 5) is 0. The van der Waals surface area contributed by atoms with Gasteiger partial charge in [0.1, 0.15) is 0 Å². The Balaban J connectivity index is 0.000000545. The Labute approximate surface area is 276 Å². The van der Waals surface area contributed by atoms with Gasteiger partial charge in [0.15, 0.2) is 0 Å². The van der Waals surface area contributed by atoms with Crippen molar-refractivity contribution in [3.63, 3.8) is 0 Å². The summed E-state index contributed by atoms with van der Waals surface area (Å²) in [5.41, 5.74) is 2.85. The van der Waals surface area contributed by atoms with Gasteiger partial charge in [-0.25, -0.2) is 0 Å². The first-order valence-corrected chi connectivity index (χ1v) is 19.4. The van der Waals surface area contributed by atoms with E-state index in [9.17, 15) is 0 Å². The van der Waals surface area contributed by atoms with Gasteiger partial charge < -0.3 is 0 Å². The third-order valence-electron chi connectivity index (χ3n) is 14.6. The highest BCUT2D eigenvalue weighted by Gasteiger charge is 2.47. The molecule has 0 amide bonds. The zero-order valence-electron chi connectivity index (χ0n) is 32.5. The Morgan fingerprint density at radius 3 is 0.488 bits per heavy atom. The van der Waals surface area contributed by atoms with Crippen molar-refractivity contribution in [3.05, 3.63) is 0 Å². The lowest BCUT2D eigenvalue weighted by Crippen LogP contribution is -2.39. The van der Waals surface area contributed by atoms with Crippen molar-refractivity contribution in [2.75, 3.05) is 0 Å². The van der Waals surface area contributed by atoms with E-state index in [1.165, 1.54) is 89.9 Å². The normalized spacial score (nSPS) is 22.9. The largest absolute Gasteiger partial charge is 0.0776 e. The van der Waals surface area contributed by atoms with Crippen molar-refractivity contribution in [1.29, 1.82) is 0 Å². The highest BCUT2D eigenvalue weighted by atomic mass is 14.5. The molecule has 4 fully saturated rings. The van der Waals surface area contributed by atoms with Crippen molar-refractivity contribution in [3.8, 4) is 0 Å². The first kappa shape index (κ1) is 43.0. The maximum absolute atomic E-state index is 2.41. The lowest BCUT2D eigenvalue weighted by Gasteiger charge is -2.49. The van der Waals surface area contributed by atoms with Crippen LogP contribution >= 0.6 is 0 Å². The van der Waals surface area contributed by atoms with Crippen LogP contribution in [0, 0.1) is 69.0 Å². The molecule has 4 saturated carbocycles. The van der Waals surface area contributed by atoms with Gasteiger partial charge in [0.05, 0.1) is 0 Å². The molecule has 43 heavy (non-hydrogen) atoms. The average molecular weight is 605 g/mol. The summed E-state index contributed by atoms with van der Waals surface area (Å²) in [5, 5.41) is 0. The smallest absolute Gasteiger partial charge is 0.0251 e. The Morgan fingerprint density at radius 1 is 0.233 bits per heavy atom. The molecule has 4 aliphatic carbocycles. The van der Waals surface area contributed by atoms with Gasteiger partial charge in [-0.05, 0) is 120 Å². The Bertz CT molecular complexity index is 654. The first-order valence-electron chi connectivity index (χ1n) is 19.4. The monoisotopic (exact) mass is 605 g/mol. The van der Waals surface area contributed by atoms with E-state index < -0.39 is 0 Å². The fourth-order valence-corrected chi connectivity index (χ4v) is 10.3. The van der Waals surface area contributed by atoms with Gasteiger partial charge in [0.25, 0.3) is 0 Å². The second kappa shape index (κ2) is 18.4. The lowest BCUT2D eigenvalue weighted by atomic mass is 9.56. The SMILES string of the molecule is C.CC(C)C1(C(C)C)CC1.CC(C)C1(C(C)C)CCC1.CC(C)C1(C(C)C)CCCC1.CC(C)C1(C(C)C)CCCCC1. The molecule has 0 bridgehead atoms. The van der Waals surface area contributed by atoms with Gasteiger partial charge in [0, 0.05) is 0 Å². The molecule has 0 N–H and O–H groups in total. The van der Waals surface area contributed by atoms with Crippen molar-refractivity contribution >= 4 is 0 Å². The first-order chi connectivity index (χ1) is 19.4. The molecular weight excluding hydrogens is 516 g/mol. The third-order valence-corrected chi connectivity index (χ3v) is 14.6. The molecule has 4 rings (SSSR count). The molecule has 0 radical (unpaired) electrons. The van der Waals surface area contributed by atoms with E-state index in [1.807, 2.05) is 0 Å². The number of hydrogen-bond acceptors (Lipinski definition) is 0. The summed E-state index contributed by atoms with van der Waals surface area (Å²) in [6.45, 7) is 38.1. The van der Waals surface area contributed by atoms with Crippen LogP contribution in [-0.2, 0) is 0 Å². The Hall–Kier alpha value is 0. The molecule has 0 aromatic carbocycles. The molecule has 0 unspecified atom stereocenters. The molecule has 0 spiro atoms. The van der Waals surface area contributed by atoms with E-state index in [4.69, 9.17) is 0 Å². The fourth-order valence-electron chi connectivity index (χ4n) is 10.3. The minimum absolute atomic E-state index is 0. The fraction of sp³-hybridized carbons (Fsp3) is 1.00. The van der Waals surface area contributed by atoms with Crippen LogP contribution in [0.3, 0.4) is 0 Å². The van der Waals surface area contributed by atoms with Crippen LogP contribution in [-0.4, -0.2) is 0 Å². The standard InChI is InChI=1S/C12H24.C11H22.C10H20.C9H18.CH4/c1-10(2)12(11(3)4)8-6-5-7-9-12;1-9(2)11(10(3)4)7-5-6-8-11;1-8(2)10(9(3)4)6-5-7-10;1-7(2)9(5-6-9)8(3)4;/h10-11H,5-9H2,1-4H3;9-10H,5-8H2,1-4H3;8-9H,5-7H2,1-4H3;7-8H,5-6H2,1-4H3;1H4. The molecule has 0 saturated heterocycles. The summed E-state index contributed by atoms with van der Waals surface area (Å²) in [6, 6.07) is 0. The van der Waals surface area contributed by atoms with E-state index in [0.717, 1.165) is 58.2 Å². The predicted molar refractivity (Wildman–Crippen MR) is 200 cm³/mol. The van der Waals surface area contributed by atoms with Crippen LogP contribution in [0.1, 0.15) is 208 Å². The van der Waals surface area contributed by atoms with Crippen molar-refractivity contribution in [2.24, 2.45) is 69.0 Å². The van der Waals surface area contributed by atoms with Crippen LogP contribution < -0.4 is 0 Å².